The molecule has 0 fully saturated rings. The van der Waals surface area contributed by atoms with Crippen LogP contribution >= 0.6 is 11.6 Å². The summed E-state index contributed by atoms with van der Waals surface area (Å²) in [7, 11) is 0. The highest BCUT2D eigenvalue weighted by Gasteiger charge is 2.46. The lowest BCUT2D eigenvalue weighted by Gasteiger charge is -2.23. The van der Waals surface area contributed by atoms with Gasteiger partial charge < -0.3 is 9.84 Å². The molecule has 2 heterocycles. The van der Waals surface area contributed by atoms with Crippen molar-refractivity contribution in [3.05, 3.63) is 47.1 Å². The number of benzene rings is 1. The molecular weight excluding hydrogens is 347 g/mol. The maximum absolute atomic E-state index is 13.5. The molecule has 6 nitrogen and oxygen atoms in total. The SMILES string of the molecule is Cc1onc(-c2ccc(F)c(Cl)c2)c1[N+]1(C(=O)NC(C)C)C=CC=N1. The first-order valence-electron chi connectivity index (χ1n) is 7.70. The van der Waals surface area contributed by atoms with Crippen LogP contribution in [0, 0.1) is 12.7 Å². The van der Waals surface area contributed by atoms with Crippen molar-refractivity contribution >= 4 is 29.5 Å². The van der Waals surface area contributed by atoms with Crippen molar-refractivity contribution in [2.75, 3.05) is 0 Å². The molecule has 2 amide bonds. The minimum atomic E-state index is -0.535. The van der Waals surface area contributed by atoms with Gasteiger partial charge in [-0.15, -0.1) is 0 Å². The molecule has 1 aromatic heterocycles. The van der Waals surface area contributed by atoms with Crippen molar-refractivity contribution in [3.8, 4) is 11.3 Å². The lowest BCUT2D eigenvalue weighted by atomic mass is 10.1. The molecule has 0 bridgehead atoms. The first kappa shape index (κ1) is 17.3. The van der Waals surface area contributed by atoms with Crippen LogP contribution in [0.4, 0.5) is 14.9 Å². The Labute approximate surface area is 149 Å². The van der Waals surface area contributed by atoms with Gasteiger partial charge in [0.05, 0.1) is 11.2 Å². The Balaban J connectivity index is 2.17. The van der Waals surface area contributed by atoms with E-state index in [-0.39, 0.29) is 17.1 Å². The van der Waals surface area contributed by atoms with Crippen molar-refractivity contribution in [1.82, 2.24) is 15.1 Å². The number of carbonyl (C=O) groups excluding carboxylic acids is 1. The molecule has 0 saturated carbocycles. The van der Waals surface area contributed by atoms with Crippen LogP contribution in [-0.2, 0) is 0 Å². The lowest BCUT2D eigenvalue weighted by Crippen LogP contribution is -2.52. The number of urea groups is 1. The van der Waals surface area contributed by atoms with Gasteiger partial charge in [-0.2, -0.15) is 0 Å². The van der Waals surface area contributed by atoms with Crippen LogP contribution in [0.3, 0.4) is 0 Å². The molecule has 0 spiro atoms. The van der Waals surface area contributed by atoms with E-state index in [9.17, 15) is 9.18 Å². The van der Waals surface area contributed by atoms with Gasteiger partial charge in [-0.1, -0.05) is 26.5 Å². The zero-order valence-electron chi connectivity index (χ0n) is 14.0. The molecule has 1 atom stereocenters. The predicted octanol–water partition coefficient (Wildman–Crippen LogP) is 4.38. The highest BCUT2D eigenvalue weighted by molar-refractivity contribution is 6.31. The second kappa shape index (κ2) is 6.42. The van der Waals surface area contributed by atoms with Crippen molar-refractivity contribution < 1.29 is 13.7 Å². The van der Waals surface area contributed by atoms with E-state index in [1.807, 2.05) is 13.8 Å². The Bertz CT molecular complexity index is 877. The second-order valence-corrected chi connectivity index (χ2v) is 6.37. The minimum absolute atomic E-state index is 0.0391. The second-order valence-electron chi connectivity index (χ2n) is 5.96. The van der Waals surface area contributed by atoms with Gasteiger partial charge in [-0.05, 0) is 32.0 Å². The van der Waals surface area contributed by atoms with Gasteiger partial charge in [0.1, 0.15) is 12.0 Å². The number of nitrogens with zero attached hydrogens (tertiary/aromatic N) is 3. The van der Waals surface area contributed by atoms with Crippen molar-refractivity contribution in [2.24, 2.45) is 5.10 Å². The van der Waals surface area contributed by atoms with Crippen LogP contribution in [0.2, 0.25) is 5.02 Å². The van der Waals surface area contributed by atoms with E-state index >= 15 is 0 Å². The van der Waals surface area contributed by atoms with Gasteiger partial charge in [0, 0.05) is 24.6 Å². The van der Waals surface area contributed by atoms with Crippen LogP contribution in [0.5, 0.6) is 0 Å². The smallest absolute Gasteiger partial charge is 0.354 e. The molecule has 8 heteroatoms. The standard InChI is InChI=1S/C17H16ClFN4O2/c1-10(2)21-17(24)23(8-4-7-20-23)16-11(3)25-22-15(16)12-5-6-14(19)13(18)9-12/h4-10H,1-3H3/p+1. The highest BCUT2D eigenvalue weighted by Crippen LogP contribution is 2.40. The van der Waals surface area contributed by atoms with Crippen LogP contribution in [0.15, 0.2) is 40.1 Å². The van der Waals surface area contributed by atoms with Crippen LogP contribution in [0.1, 0.15) is 19.6 Å². The zero-order chi connectivity index (χ0) is 18.2. The number of aryl methyl sites for hydroxylation is 1. The molecule has 3 rings (SSSR count). The average molecular weight is 364 g/mol. The maximum Gasteiger partial charge on any atom is 0.453 e. The largest absolute Gasteiger partial charge is 0.453 e. The Morgan fingerprint density at radius 2 is 2.16 bits per heavy atom. The number of amides is 2. The van der Waals surface area contributed by atoms with Gasteiger partial charge in [0.25, 0.3) is 0 Å². The molecule has 1 aliphatic rings. The highest BCUT2D eigenvalue weighted by atomic mass is 35.5. The fourth-order valence-electron chi connectivity index (χ4n) is 2.65. The third kappa shape index (κ3) is 2.96. The minimum Gasteiger partial charge on any atom is -0.354 e. The third-order valence-electron chi connectivity index (χ3n) is 3.72. The van der Waals surface area contributed by atoms with Crippen LogP contribution in [0.25, 0.3) is 11.3 Å². The van der Waals surface area contributed by atoms with E-state index in [0.717, 1.165) is 0 Å². The number of halogens is 2. The molecule has 0 aliphatic carbocycles. The summed E-state index contributed by atoms with van der Waals surface area (Å²) in [6.45, 7) is 5.42. The van der Waals surface area contributed by atoms with Crippen molar-refractivity contribution in [1.29, 1.82) is 0 Å². The van der Waals surface area contributed by atoms with Gasteiger partial charge in [0.2, 0.25) is 5.69 Å². The fraction of sp³-hybridized carbons (Fsp3) is 0.235. The van der Waals surface area contributed by atoms with Gasteiger partial charge >= 0.3 is 6.03 Å². The van der Waals surface area contributed by atoms with Gasteiger partial charge in [0.15, 0.2) is 11.5 Å². The summed E-state index contributed by atoms with van der Waals surface area (Å²) in [5.74, 6) is -0.106. The summed E-state index contributed by atoms with van der Waals surface area (Å²) in [6, 6.07) is 3.80. The van der Waals surface area contributed by atoms with E-state index in [4.69, 9.17) is 16.1 Å². The predicted molar refractivity (Wildman–Crippen MR) is 94.7 cm³/mol. The summed E-state index contributed by atoms with van der Waals surface area (Å²) in [5.41, 5.74) is 1.36. The van der Waals surface area contributed by atoms with Crippen molar-refractivity contribution in [2.45, 2.75) is 26.8 Å². The first-order chi connectivity index (χ1) is 11.8. The molecule has 130 valence electrons. The molecule has 1 aliphatic heterocycles. The van der Waals surface area contributed by atoms with E-state index < -0.39 is 10.4 Å². The summed E-state index contributed by atoms with van der Waals surface area (Å²) in [6.07, 6.45) is 4.84. The quantitative estimate of drug-likeness (QED) is 0.823. The lowest BCUT2D eigenvalue weighted by molar-refractivity contribution is 0.214. The topological polar surface area (TPSA) is 67.5 Å². The molecule has 1 aromatic carbocycles. The first-order valence-corrected chi connectivity index (χ1v) is 8.08. The average Bonchev–Trinajstić information content (AvgIpc) is 3.17. The summed E-state index contributed by atoms with van der Waals surface area (Å²) < 4.78 is 18.4. The number of aromatic nitrogens is 1. The summed E-state index contributed by atoms with van der Waals surface area (Å²) in [5, 5.41) is 11.2. The van der Waals surface area contributed by atoms with E-state index in [1.165, 1.54) is 24.4 Å². The third-order valence-corrected chi connectivity index (χ3v) is 4.01. The maximum atomic E-state index is 13.5. The monoisotopic (exact) mass is 363 g/mol. The normalized spacial score (nSPS) is 19.0. The van der Waals surface area contributed by atoms with Crippen LogP contribution < -0.4 is 9.91 Å². The number of hydrogen-bond acceptors (Lipinski definition) is 4. The number of rotatable bonds is 3. The molecule has 0 saturated heterocycles. The molecular formula is C17H17ClFN4O2+. The van der Waals surface area contributed by atoms with E-state index in [2.05, 4.69) is 15.6 Å². The van der Waals surface area contributed by atoms with Crippen molar-refractivity contribution in [3.63, 3.8) is 0 Å². The number of quaternary nitrogens is 1. The molecule has 25 heavy (non-hydrogen) atoms. The van der Waals surface area contributed by atoms with E-state index in [0.29, 0.717) is 22.7 Å². The number of carbonyl (C=O) groups is 1. The van der Waals surface area contributed by atoms with Crippen LogP contribution in [-0.4, -0.2) is 23.4 Å². The molecule has 2 aromatic rings. The Hall–Kier alpha value is -2.51. The Kier molecular flexibility index (Phi) is 4.45. The Morgan fingerprint density at radius 1 is 1.40 bits per heavy atom. The van der Waals surface area contributed by atoms with Gasteiger partial charge in [-0.25, -0.2) is 9.18 Å². The Morgan fingerprint density at radius 3 is 2.76 bits per heavy atom. The molecule has 1 unspecified atom stereocenters. The molecule has 1 N–H and O–H groups in total. The fourth-order valence-corrected chi connectivity index (χ4v) is 2.83. The number of hydrogen-bond donors (Lipinski definition) is 1. The number of nitrogens with one attached hydrogen (secondary N) is 1. The summed E-state index contributed by atoms with van der Waals surface area (Å²) >= 11 is 5.89. The van der Waals surface area contributed by atoms with E-state index in [1.54, 1.807) is 19.2 Å². The van der Waals surface area contributed by atoms with Gasteiger partial charge in [-0.3, -0.25) is 0 Å². The summed E-state index contributed by atoms with van der Waals surface area (Å²) in [4.78, 5) is 12.9. The number of allylic oxidation sites excluding steroid dienone is 1. The zero-order valence-corrected chi connectivity index (χ0v) is 14.7. The molecule has 0 radical (unpaired) electrons.